The largest absolute Gasteiger partial charge is 0.343 e. The summed E-state index contributed by atoms with van der Waals surface area (Å²) in [5.74, 6) is 0.0413. The SMILES string of the molecule is CNCCC(=O)NC(C)(c1ccccc1)c1ccccc1. The van der Waals surface area contributed by atoms with Crippen molar-refractivity contribution >= 4 is 5.91 Å². The van der Waals surface area contributed by atoms with Crippen LogP contribution in [0.25, 0.3) is 0 Å². The first-order chi connectivity index (χ1) is 10.2. The van der Waals surface area contributed by atoms with Gasteiger partial charge in [0.2, 0.25) is 5.91 Å². The third-order valence-corrected chi connectivity index (χ3v) is 3.69. The molecule has 110 valence electrons. The average molecular weight is 282 g/mol. The van der Waals surface area contributed by atoms with Crippen LogP contribution in [-0.2, 0) is 10.3 Å². The highest BCUT2D eigenvalue weighted by Gasteiger charge is 2.30. The van der Waals surface area contributed by atoms with E-state index in [0.717, 1.165) is 11.1 Å². The van der Waals surface area contributed by atoms with Gasteiger partial charge in [-0.3, -0.25) is 4.79 Å². The number of carbonyl (C=O) groups is 1. The molecule has 0 bridgehead atoms. The van der Waals surface area contributed by atoms with Crippen LogP contribution in [0.2, 0.25) is 0 Å². The van der Waals surface area contributed by atoms with Crippen molar-refractivity contribution in [2.45, 2.75) is 18.9 Å². The summed E-state index contributed by atoms with van der Waals surface area (Å²) in [6.45, 7) is 2.72. The number of hydrogen-bond donors (Lipinski definition) is 2. The van der Waals surface area contributed by atoms with Gasteiger partial charge < -0.3 is 10.6 Å². The third kappa shape index (κ3) is 3.70. The van der Waals surface area contributed by atoms with E-state index in [1.807, 2.05) is 67.7 Å². The number of rotatable bonds is 6. The molecule has 0 aliphatic rings. The van der Waals surface area contributed by atoms with Gasteiger partial charge in [0.15, 0.2) is 0 Å². The molecule has 0 atom stereocenters. The van der Waals surface area contributed by atoms with Crippen LogP contribution < -0.4 is 10.6 Å². The highest BCUT2D eigenvalue weighted by molar-refractivity contribution is 5.78. The van der Waals surface area contributed by atoms with Gasteiger partial charge in [-0.1, -0.05) is 60.7 Å². The zero-order chi connectivity index (χ0) is 15.1. The molecular formula is C18H22N2O. The highest BCUT2D eigenvalue weighted by Crippen LogP contribution is 2.29. The maximum atomic E-state index is 12.2. The van der Waals surface area contributed by atoms with Crippen LogP contribution in [0, 0.1) is 0 Å². The molecule has 3 nitrogen and oxygen atoms in total. The molecule has 1 amide bonds. The Balaban J connectivity index is 2.33. The predicted molar refractivity (Wildman–Crippen MR) is 86.0 cm³/mol. The Bertz CT molecular complexity index is 527. The smallest absolute Gasteiger partial charge is 0.222 e. The maximum Gasteiger partial charge on any atom is 0.222 e. The van der Waals surface area contributed by atoms with Crippen molar-refractivity contribution in [2.24, 2.45) is 0 Å². The van der Waals surface area contributed by atoms with Crippen LogP contribution in [0.1, 0.15) is 24.5 Å². The Morgan fingerprint density at radius 1 is 0.952 bits per heavy atom. The minimum atomic E-state index is -0.520. The van der Waals surface area contributed by atoms with Crippen LogP contribution in [0.15, 0.2) is 60.7 Å². The fourth-order valence-electron chi connectivity index (χ4n) is 2.43. The summed E-state index contributed by atoms with van der Waals surface area (Å²) in [5, 5.41) is 6.18. The molecule has 2 rings (SSSR count). The number of nitrogens with one attached hydrogen (secondary N) is 2. The van der Waals surface area contributed by atoms with Crippen molar-refractivity contribution in [3.8, 4) is 0 Å². The van der Waals surface area contributed by atoms with Gasteiger partial charge in [-0.05, 0) is 25.1 Å². The second-order valence-electron chi connectivity index (χ2n) is 5.26. The second-order valence-corrected chi connectivity index (χ2v) is 5.26. The van der Waals surface area contributed by atoms with Crippen molar-refractivity contribution in [3.63, 3.8) is 0 Å². The third-order valence-electron chi connectivity index (χ3n) is 3.69. The molecule has 21 heavy (non-hydrogen) atoms. The Kier molecular flexibility index (Phi) is 5.12. The summed E-state index contributed by atoms with van der Waals surface area (Å²) in [7, 11) is 1.85. The van der Waals surface area contributed by atoms with Gasteiger partial charge in [0.1, 0.15) is 0 Å². The second kappa shape index (κ2) is 7.04. The van der Waals surface area contributed by atoms with E-state index >= 15 is 0 Å². The molecular weight excluding hydrogens is 260 g/mol. The van der Waals surface area contributed by atoms with Gasteiger partial charge in [-0.2, -0.15) is 0 Å². The number of carbonyl (C=O) groups excluding carboxylic acids is 1. The first kappa shape index (κ1) is 15.3. The van der Waals surface area contributed by atoms with E-state index in [1.54, 1.807) is 0 Å². The molecule has 0 spiro atoms. The van der Waals surface area contributed by atoms with Gasteiger partial charge in [0, 0.05) is 13.0 Å². The van der Waals surface area contributed by atoms with Crippen molar-refractivity contribution in [3.05, 3.63) is 71.8 Å². The van der Waals surface area contributed by atoms with E-state index in [1.165, 1.54) is 0 Å². The molecule has 2 aromatic rings. The van der Waals surface area contributed by atoms with Crippen molar-refractivity contribution in [1.29, 1.82) is 0 Å². The zero-order valence-corrected chi connectivity index (χ0v) is 12.6. The van der Waals surface area contributed by atoms with Crippen LogP contribution in [0.3, 0.4) is 0 Å². The van der Waals surface area contributed by atoms with Crippen LogP contribution in [0.5, 0.6) is 0 Å². The molecule has 3 heteroatoms. The van der Waals surface area contributed by atoms with E-state index in [0.29, 0.717) is 13.0 Å². The number of benzene rings is 2. The first-order valence-electron chi connectivity index (χ1n) is 7.23. The number of amides is 1. The minimum absolute atomic E-state index is 0.0413. The number of hydrogen-bond acceptors (Lipinski definition) is 2. The van der Waals surface area contributed by atoms with E-state index in [4.69, 9.17) is 0 Å². The summed E-state index contributed by atoms with van der Waals surface area (Å²) in [5.41, 5.74) is 1.64. The van der Waals surface area contributed by atoms with Crippen LogP contribution in [-0.4, -0.2) is 19.5 Å². The lowest BCUT2D eigenvalue weighted by atomic mass is 9.84. The average Bonchev–Trinajstić information content (AvgIpc) is 2.54. The zero-order valence-electron chi connectivity index (χ0n) is 12.6. The fraction of sp³-hybridized carbons (Fsp3) is 0.278. The van der Waals surface area contributed by atoms with E-state index in [2.05, 4.69) is 17.6 Å². The Labute approximate surface area is 126 Å². The Hall–Kier alpha value is -2.13. The molecule has 0 heterocycles. The van der Waals surface area contributed by atoms with Gasteiger partial charge in [-0.25, -0.2) is 0 Å². The molecule has 0 radical (unpaired) electrons. The van der Waals surface area contributed by atoms with Crippen molar-refractivity contribution in [2.75, 3.05) is 13.6 Å². The molecule has 0 aliphatic heterocycles. The normalized spacial score (nSPS) is 11.1. The molecule has 0 fully saturated rings. The van der Waals surface area contributed by atoms with E-state index in [9.17, 15) is 4.79 Å². The standard InChI is InChI=1S/C18H22N2O/c1-18(15-9-5-3-6-10-15,16-11-7-4-8-12-16)20-17(21)13-14-19-2/h3-12,19H,13-14H2,1-2H3,(H,20,21). The molecule has 0 aromatic heterocycles. The van der Waals surface area contributed by atoms with Crippen molar-refractivity contribution < 1.29 is 4.79 Å². The molecule has 0 unspecified atom stereocenters. The van der Waals surface area contributed by atoms with Gasteiger partial charge in [-0.15, -0.1) is 0 Å². The highest BCUT2D eigenvalue weighted by atomic mass is 16.1. The van der Waals surface area contributed by atoms with Gasteiger partial charge >= 0.3 is 0 Å². The molecule has 2 aromatic carbocycles. The molecule has 2 N–H and O–H groups in total. The van der Waals surface area contributed by atoms with Crippen LogP contribution >= 0.6 is 0 Å². The monoisotopic (exact) mass is 282 g/mol. The topological polar surface area (TPSA) is 41.1 Å². The lowest BCUT2D eigenvalue weighted by Crippen LogP contribution is -2.45. The van der Waals surface area contributed by atoms with E-state index < -0.39 is 5.54 Å². The van der Waals surface area contributed by atoms with Gasteiger partial charge in [0.25, 0.3) is 0 Å². The van der Waals surface area contributed by atoms with Crippen molar-refractivity contribution in [1.82, 2.24) is 10.6 Å². The summed E-state index contributed by atoms with van der Waals surface area (Å²) >= 11 is 0. The molecule has 0 saturated heterocycles. The Morgan fingerprint density at radius 3 is 1.86 bits per heavy atom. The van der Waals surface area contributed by atoms with Crippen LogP contribution in [0.4, 0.5) is 0 Å². The summed E-state index contributed by atoms with van der Waals surface area (Å²) in [4.78, 5) is 12.2. The quantitative estimate of drug-likeness (QED) is 0.855. The maximum absolute atomic E-state index is 12.2. The predicted octanol–water partition coefficient (Wildman–Crippen LogP) is 2.68. The first-order valence-corrected chi connectivity index (χ1v) is 7.23. The van der Waals surface area contributed by atoms with Gasteiger partial charge in [0.05, 0.1) is 5.54 Å². The lowest BCUT2D eigenvalue weighted by Gasteiger charge is -2.32. The lowest BCUT2D eigenvalue weighted by molar-refractivity contribution is -0.122. The molecule has 0 saturated carbocycles. The summed E-state index contributed by atoms with van der Waals surface area (Å²) < 4.78 is 0. The minimum Gasteiger partial charge on any atom is -0.343 e. The fourth-order valence-corrected chi connectivity index (χ4v) is 2.43. The van der Waals surface area contributed by atoms with E-state index in [-0.39, 0.29) is 5.91 Å². The summed E-state index contributed by atoms with van der Waals surface area (Å²) in [6, 6.07) is 20.1. The molecule has 0 aliphatic carbocycles. The Morgan fingerprint density at radius 2 is 1.43 bits per heavy atom. The summed E-state index contributed by atoms with van der Waals surface area (Å²) in [6.07, 6.45) is 0.464.